The summed E-state index contributed by atoms with van der Waals surface area (Å²) in [6.45, 7) is 5.06. The number of aromatic nitrogens is 24. The van der Waals surface area contributed by atoms with Crippen LogP contribution in [0.3, 0.4) is 0 Å². The molecule has 540 valence electrons. The number of rotatable bonds is 18. The van der Waals surface area contributed by atoms with Crippen LogP contribution in [0.25, 0.3) is 68.3 Å². The second-order valence-electron chi connectivity index (χ2n) is 22.5. The molecule has 14 aromatic rings. The number of nitrogens with zero attached hydrogens (tertiary/aromatic N) is 18. The fourth-order valence-electron chi connectivity index (χ4n) is 9.10. The van der Waals surface area contributed by atoms with Gasteiger partial charge in [0.2, 0.25) is 34.9 Å². The summed E-state index contributed by atoms with van der Waals surface area (Å²) in [5, 5.41) is 81.2. The Morgan fingerprint density at radius 1 is 0.308 bits per heavy atom. The highest BCUT2D eigenvalue weighted by molar-refractivity contribution is 5.93. The molecule has 0 unspecified atom stereocenters. The molecule has 1 saturated carbocycles. The van der Waals surface area contributed by atoms with Gasteiger partial charge in [0.05, 0.1) is 61.3 Å². The van der Waals surface area contributed by atoms with Crippen LogP contribution >= 0.6 is 0 Å². The number of tetrazole rings is 6. The molecular weight excluding hydrogens is 1380 g/mol. The molecule has 6 heterocycles. The van der Waals surface area contributed by atoms with E-state index in [1.54, 1.807) is 146 Å². The summed E-state index contributed by atoms with van der Waals surface area (Å²) in [5.74, 6) is 1.44. The molecule has 0 spiro atoms. The van der Waals surface area contributed by atoms with Crippen molar-refractivity contribution in [2.45, 2.75) is 39.9 Å². The molecule has 107 heavy (non-hydrogen) atoms. The molecule has 6 N–H and O–H groups in total. The van der Waals surface area contributed by atoms with Gasteiger partial charge in [-0.15, -0.1) is 61.2 Å². The minimum Gasteiger partial charge on any atom is -0.465 e. The van der Waals surface area contributed by atoms with Gasteiger partial charge >= 0.3 is 35.8 Å². The van der Waals surface area contributed by atoms with Crippen molar-refractivity contribution in [2.75, 3.05) is 27.9 Å². The maximum atomic E-state index is 12.0. The smallest absolute Gasteiger partial charge is 0.338 e. The SMILES string of the molecule is COC(=O)c1ccc(-c2nn[nH]n2)cc1.COC(=O)c1ccc(-c2nn[nH]n2)cc1.COC(=O)c1ccc(-c2nn[nH]n2)cc1.Cc1ccc(COC(=O)c2ccc(-c3nn[nH]n3)cc2)cc1.Cc1cccc(COC(=O)c2ccc(-c3nn[nH]n3)cc2)c1.O=C(OCC1CC1)c1ccc(-c2nn[nH]n2)cc1. The van der Waals surface area contributed by atoms with Gasteiger partial charge < -0.3 is 28.4 Å². The number of hydrogen-bond donors (Lipinski definition) is 6. The average Bonchev–Trinajstić information content (AvgIpc) is 1.92. The van der Waals surface area contributed by atoms with E-state index in [1.807, 2.05) is 62.4 Å². The summed E-state index contributed by atoms with van der Waals surface area (Å²) in [5.41, 5.74) is 12.0. The van der Waals surface area contributed by atoms with Crippen LogP contribution in [0.2, 0.25) is 0 Å². The summed E-state index contributed by atoms with van der Waals surface area (Å²) in [4.78, 5) is 69.2. The molecule has 6 aromatic heterocycles. The summed E-state index contributed by atoms with van der Waals surface area (Å²) >= 11 is 0. The summed E-state index contributed by atoms with van der Waals surface area (Å²) < 4.78 is 29.5. The number of aromatic amines is 6. The quantitative estimate of drug-likeness (QED) is 0.0346. The number of H-pyrrole nitrogens is 6. The average molecular weight is 1450 g/mol. The number of hydrogen-bond acceptors (Lipinski definition) is 30. The lowest BCUT2D eigenvalue weighted by atomic mass is 10.1. The number of nitrogens with one attached hydrogen (secondary N) is 6. The van der Waals surface area contributed by atoms with Gasteiger partial charge in [-0.25, -0.2) is 28.8 Å². The molecule has 0 saturated heterocycles. The van der Waals surface area contributed by atoms with Crippen molar-refractivity contribution < 1.29 is 57.2 Å². The van der Waals surface area contributed by atoms with Gasteiger partial charge in [-0.3, -0.25) is 0 Å². The normalized spacial score (nSPS) is 10.9. The first-order valence-electron chi connectivity index (χ1n) is 32.1. The fraction of sp³-hybridized carbons (Fsp3) is 0.155. The van der Waals surface area contributed by atoms with Crippen molar-refractivity contribution in [1.82, 2.24) is 124 Å². The van der Waals surface area contributed by atoms with E-state index in [9.17, 15) is 28.8 Å². The second-order valence-corrected chi connectivity index (χ2v) is 22.5. The molecule has 0 bridgehead atoms. The van der Waals surface area contributed by atoms with Crippen LogP contribution in [0.1, 0.15) is 97.2 Å². The van der Waals surface area contributed by atoms with Gasteiger partial charge in [0.25, 0.3) is 0 Å². The monoisotopic (exact) mass is 1440 g/mol. The molecule has 15 rings (SSSR count). The second kappa shape index (κ2) is 38.2. The molecule has 0 aliphatic heterocycles. The van der Waals surface area contributed by atoms with E-state index in [0.29, 0.717) is 80.9 Å². The van der Waals surface area contributed by atoms with E-state index >= 15 is 0 Å². The van der Waals surface area contributed by atoms with E-state index in [-0.39, 0.29) is 49.0 Å². The molecule has 0 radical (unpaired) electrons. The van der Waals surface area contributed by atoms with Gasteiger partial charge in [0.1, 0.15) is 13.2 Å². The first-order chi connectivity index (χ1) is 52.2. The van der Waals surface area contributed by atoms with Crippen LogP contribution in [0, 0.1) is 19.8 Å². The van der Waals surface area contributed by atoms with E-state index < -0.39 is 0 Å². The van der Waals surface area contributed by atoms with Crippen LogP contribution in [-0.4, -0.2) is 187 Å². The lowest BCUT2D eigenvalue weighted by molar-refractivity contribution is 0.0464. The maximum Gasteiger partial charge on any atom is 0.338 e. The highest BCUT2D eigenvalue weighted by Gasteiger charge is 2.24. The molecule has 1 aliphatic carbocycles. The van der Waals surface area contributed by atoms with Crippen molar-refractivity contribution in [3.63, 3.8) is 0 Å². The number of carbonyl (C=O) groups is 6. The van der Waals surface area contributed by atoms with Gasteiger partial charge in [-0.2, -0.15) is 31.3 Å². The van der Waals surface area contributed by atoms with Gasteiger partial charge in [-0.1, -0.05) is 132 Å². The predicted octanol–water partition coefficient (Wildman–Crippen LogP) is 8.46. The van der Waals surface area contributed by atoms with Gasteiger partial charge in [0, 0.05) is 33.4 Å². The van der Waals surface area contributed by atoms with Crippen LogP contribution in [0.15, 0.2) is 194 Å². The van der Waals surface area contributed by atoms with Crippen molar-refractivity contribution in [3.8, 4) is 68.3 Å². The van der Waals surface area contributed by atoms with Gasteiger partial charge in [-0.05, 0) is 148 Å². The van der Waals surface area contributed by atoms with Crippen LogP contribution in [-0.2, 0) is 41.6 Å². The Kier molecular flexibility index (Phi) is 26.6. The molecule has 0 amide bonds. The van der Waals surface area contributed by atoms with Crippen molar-refractivity contribution in [1.29, 1.82) is 0 Å². The highest BCUT2D eigenvalue weighted by Crippen LogP contribution is 2.29. The highest BCUT2D eigenvalue weighted by atomic mass is 16.5. The fourth-order valence-corrected chi connectivity index (χ4v) is 9.10. The Balaban J connectivity index is 0.000000138. The zero-order valence-corrected chi connectivity index (χ0v) is 57.5. The third kappa shape index (κ3) is 22.5. The first-order valence-corrected chi connectivity index (χ1v) is 32.1. The number of aryl methyl sites for hydroxylation is 2. The van der Waals surface area contributed by atoms with Crippen molar-refractivity contribution in [3.05, 3.63) is 250 Å². The van der Waals surface area contributed by atoms with Crippen molar-refractivity contribution >= 4 is 35.8 Å². The zero-order valence-electron chi connectivity index (χ0n) is 57.5. The Morgan fingerprint density at radius 2 is 0.570 bits per heavy atom. The Bertz CT molecular complexity index is 4830. The number of esters is 6. The molecule has 1 fully saturated rings. The van der Waals surface area contributed by atoms with E-state index in [4.69, 9.17) is 14.2 Å². The first kappa shape index (κ1) is 74.7. The number of benzene rings is 8. The molecule has 8 aromatic carbocycles. The largest absolute Gasteiger partial charge is 0.465 e. The topological polar surface area (TPSA) is 485 Å². The van der Waals surface area contributed by atoms with Crippen LogP contribution in [0.4, 0.5) is 0 Å². The molecule has 1 aliphatic rings. The minimum absolute atomic E-state index is 0.256. The minimum atomic E-state index is -0.366. The van der Waals surface area contributed by atoms with E-state index in [0.717, 1.165) is 50.1 Å². The van der Waals surface area contributed by atoms with Gasteiger partial charge in [0.15, 0.2) is 0 Å². The number of ether oxygens (including phenoxy) is 6. The number of methoxy groups -OCH3 is 3. The molecule has 0 atom stereocenters. The molecule has 36 heteroatoms. The van der Waals surface area contributed by atoms with Crippen LogP contribution in [0.5, 0.6) is 0 Å². The summed E-state index contributed by atoms with van der Waals surface area (Å²) in [6.07, 6.45) is 2.34. The Hall–Kier alpha value is -15.0. The standard InChI is InChI=1S/2C16H14N4O2.C12H12N4O2.3C9H8N4O2/c1-11-2-4-12(5-3-11)10-22-16(21)14-8-6-13(7-9-14)15-17-19-20-18-15;1-11-3-2-4-12(9-11)10-22-16(21)14-7-5-13(6-8-14)15-17-19-20-18-15;17-12(18-7-8-1-2-8)10-5-3-9(4-6-10)11-13-15-16-14-11;3*1-15-9(14)7-4-2-6(3-5-7)8-10-12-13-11-8/h2*2-9H,10H2,1H3,(H,17,18,19,20);3-6,8H,1-2,7H2,(H,13,14,15,16);3*2-5H,1H3,(H,10,11,12,13). The number of carbonyl (C=O) groups excluding carboxylic acids is 6. The van der Waals surface area contributed by atoms with E-state index in [1.165, 1.54) is 39.7 Å². The lowest BCUT2D eigenvalue weighted by Gasteiger charge is -2.06. The third-order valence-electron chi connectivity index (χ3n) is 15.0. The Labute approximate surface area is 606 Å². The predicted molar refractivity (Wildman–Crippen MR) is 375 cm³/mol. The summed E-state index contributed by atoms with van der Waals surface area (Å²) in [6, 6.07) is 56.8. The lowest BCUT2D eigenvalue weighted by Crippen LogP contribution is -2.07. The molecular formula is C71H64N24O12. The maximum absolute atomic E-state index is 12.0. The van der Waals surface area contributed by atoms with Crippen molar-refractivity contribution in [2.24, 2.45) is 5.92 Å². The van der Waals surface area contributed by atoms with E-state index in [2.05, 4.69) is 138 Å². The molecule has 36 nitrogen and oxygen atoms in total. The summed E-state index contributed by atoms with van der Waals surface area (Å²) in [7, 11) is 4.03. The Morgan fingerprint density at radius 3 is 0.813 bits per heavy atom. The third-order valence-corrected chi connectivity index (χ3v) is 15.0. The van der Waals surface area contributed by atoms with Crippen LogP contribution < -0.4 is 0 Å². The zero-order chi connectivity index (χ0) is 75.1.